The second kappa shape index (κ2) is 5.94. The number of thiazole rings is 1. The molecule has 4 heteroatoms. The third-order valence-corrected chi connectivity index (χ3v) is 4.58. The van der Waals surface area contributed by atoms with E-state index < -0.39 is 0 Å². The highest BCUT2D eigenvalue weighted by Gasteiger charge is 2.27. The Hall–Kier alpha value is -0.450. The maximum atomic E-state index is 5.52. The molecule has 17 heavy (non-hydrogen) atoms. The average Bonchev–Trinajstić information content (AvgIpc) is 2.90. The van der Waals surface area contributed by atoms with Gasteiger partial charge < -0.3 is 11.1 Å². The summed E-state index contributed by atoms with van der Waals surface area (Å²) < 4.78 is 0. The van der Waals surface area contributed by atoms with E-state index in [9.17, 15) is 0 Å². The highest BCUT2D eigenvalue weighted by atomic mass is 32.1. The molecule has 0 bridgehead atoms. The Bertz CT molecular complexity index is 342. The number of nitrogens with two attached hydrogens (primary N) is 1. The maximum absolute atomic E-state index is 5.52. The number of nitrogens with one attached hydrogen (secondary N) is 1. The quantitative estimate of drug-likeness (QED) is 0.818. The zero-order chi connectivity index (χ0) is 12.1. The van der Waals surface area contributed by atoms with Gasteiger partial charge in [0.1, 0.15) is 0 Å². The minimum absolute atomic E-state index is 0.524. The Labute approximate surface area is 108 Å². The van der Waals surface area contributed by atoms with Crippen molar-refractivity contribution < 1.29 is 0 Å². The highest BCUT2D eigenvalue weighted by molar-refractivity contribution is 7.09. The van der Waals surface area contributed by atoms with E-state index in [4.69, 9.17) is 5.73 Å². The van der Waals surface area contributed by atoms with Crippen LogP contribution < -0.4 is 11.1 Å². The third kappa shape index (κ3) is 3.76. The van der Waals surface area contributed by atoms with E-state index in [1.807, 2.05) is 0 Å². The van der Waals surface area contributed by atoms with Gasteiger partial charge in [-0.25, -0.2) is 4.98 Å². The number of rotatable bonds is 6. The molecule has 0 spiro atoms. The number of nitrogens with zero attached hydrogens (tertiary/aromatic N) is 1. The van der Waals surface area contributed by atoms with Gasteiger partial charge in [-0.1, -0.05) is 19.8 Å². The van der Waals surface area contributed by atoms with Crippen LogP contribution in [0.2, 0.25) is 0 Å². The Morgan fingerprint density at radius 2 is 2.24 bits per heavy atom. The van der Waals surface area contributed by atoms with Gasteiger partial charge in [-0.05, 0) is 24.8 Å². The molecular formula is C13H23N3S. The van der Waals surface area contributed by atoms with Gasteiger partial charge in [-0.15, -0.1) is 11.3 Å². The first-order valence-corrected chi connectivity index (χ1v) is 7.44. The lowest BCUT2D eigenvalue weighted by Gasteiger charge is -2.23. The van der Waals surface area contributed by atoms with Crippen LogP contribution in [-0.2, 0) is 13.0 Å². The summed E-state index contributed by atoms with van der Waals surface area (Å²) in [5, 5.41) is 6.86. The average molecular weight is 253 g/mol. The summed E-state index contributed by atoms with van der Waals surface area (Å²) in [7, 11) is 0. The Balaban J connectivity index is 1.73. The fraction of sp³-hybridized carbons (Fsp3) is 0.769. The standard InChI is InChI=1S/C13H23N3S/c1-13(5-2-3-6-13)10-15-8-11-9-17-12(16-11)4-7-14/h9,15H,2-8,10,14H2,1H3. The smallest absolute Gasteiger partial charge is 0.0941 e. The van der Waals surface area contributed by atoms with Gasteiger partial charge in [-0.2, -0.15) is 0 Å². The summed E-state index contributed by atoms with van der Waals surface area (Å²) in [6.07, 6.45) is 6.44. The van der Waals surface area contributed by atoms with Crippen LogP contribution in [0, 0.1) is 5.41 Å². The normalized spacial score (nSPS) is 18.7. The van der Waals surface area contributed by atoms with Crippen molar-refractivity contribution in [1.82, 2.24) is 10.3 Å². The largest absolute Gasteiger partial charge is 0.330 e. The van der Waals surface area contributed by atoms with E-state index in [-0.39, 0.29) is 0 Å². The maximum Gasteiger partial charge on any atom is 0.0941 e. The molecule has 0 atom stereocenters. The lowest BCUT2D eigenvalue weighted by molar-refractivity contribution is 0.314. The van der Waals surface area contributed by atoms with Gasteiger partial charge in [0.15, 0.2) is 0 Å². The van der Waals surface area contributed by atoms with Crippen LogP contribution in [0.5, 0.6) is 0 Å². The second-order valence-corrected chi connectivity index (χ2v) is 6.34. The summed E-state index contributed by atoms with van der Waals surface area (Å²) in [5.74, 6) is 0. The molecule has 0 unspecified atom stereocenters. The second-order valence-electron chi connectivity index (χ2n) is 5.39. The SMILES string of the molecule is CC1(CNCc2csc(CCN)n2)CCCC1. The summed E-state index contributed by atoms with van der Waals surface area (Å²) in [6, 6.07) is 0. The van der Waals surface area contributed by atoms with Crippen molar-refractivity contribution in [3.8, 4) is 0 Å². The fourth-order valence-corrected chi connectivity index (χ4v) is 3.38. The summed E-state index contributed by atoms with van der Waals surface area (Å²) in [6.45, 7) is 5.11. The predicted molar refractivity (Wildman–Crippen MR) is 73.2 cm³/mol. The molecule has 2 rings (SSSR count). The molecule has 1 fully saturated rings. The van der Waals surface area contributed by atoms with Crippen LogP contribution in [0.25, 0.3) is 0 Å². The molecule has 96 valence electrons. The predicted octanol–water partition coefficient (Wildman–Crippen LogP) is 2.31. The third-order valence-electron chi connectivity index (χ3n) is 3.63. The van der Waals surface area contributed by atoms with Gasteiger partial charge in [0.2, 0.25) is 0 Å². The summed E-state index contributed by atoms with van der Waals surface area (Å²) in [4.78, 5) is 4.56. The minimum atomic E-state index is 0.524. The zero-order valence-corrected chi connectivity index (χ0v) is 11.5. The van der Waals surface area contributed by atoms with Crippen LogP contribution in [-0.4, -0.2) is 18.1 Å². The molecule has 0 aromatic carbocycles. The van der Waals surface area contributed by atoms with E-state index in [0.29, 0.717) is 12.0 Å². The first-order chi connectivity index (χ1) is 8.22. The number of hydrogen-bond acceptors (Lipinski definition) is 4. The van der Waals surface area contributed by atoms with Gasteiger partial charge in [0.25, 0.3) is 0 Å². The molecular weight excluding hydrogens is 230 g/mol. The monoisotopic (exact) mass is 253 g/mol. The molecule has 0 aliphatic heterocycles. The number of aromatic nitrogens is 1. The van der Waals surface area contributed by atoms with Crippen LogP contribution in [0.1, 0.15) is 43.3 Å². The molecule has 1 aromatic heterocycles. The Kier molecular flexibility index (Phi) is 4.54. The summed E-state index contributed by atoms with van der Waals surface area (Å²) in [5.41, 5.74) is 7.21. The topological polar surface area (TPSA) is 50.9 Å². The minimum Gasteiger partial charge on any atom is -0.330 e. The molecule has 1 heterocycles. The zero-order valence-electron chi connectivity index (χ0n) is 10.7. The van der Waals surface area contributed by atoms with Crippen molar-refractivity contribution in [2.45, 2.75) is 45.6 Å². The van der Waals surface area contributed by atoms with Gasteiger partial charge in [-0.3, -0.25) is 0 Å². The fourth-order valence-electron chi connectivity index (χ4n) is 2.57. The van der Waals surface area contributed by atoms with Crippen molar-refractivity contribution in [2.24, 2.45) is 11.1 Å². The lowest BCUT2D eigenvalue weighted by Crippen LogP contribution is -2.29. The van der Waals surface area contributed by atoms with Crippen LogP contribution in [0.15, 0.2) is 5.38 Å². The molecule has 1 aliphatic carbocycles. The molecule has 1 aliphatic rings. The van der Waals surface area contributed by atoms with Crippen molar-refractivity contribution in [1.29, 1.82) is 0 Å². The van der Waals surface area contributed by atoms with Gasteiger partial charge in [0, 0.05) is 24.9 Å². The molecule has 1 aromatic rings. The molecule has 1 saturated carbocycles. The van der Waals surface area contributed by atoms with E-state index in [2.05, 4.69) is 22.6 Å². The van der Waals surface area contributed by atoms with Crippen LogP contribution >= 0.6 is 11.3 Å². The van der Waals surface area contributed by atoms with Crippen LogP contribution in [0.4, 0.5) is 0 Å². The van der Waals surface area contributed by atoms with Crippen molar-refractivity contribution in [3.05, 3.63) is 16.1 Å². The molecule has 3 N–H and O–H groups in total. The molecule has 3 nitrogen and oxygen atoms in total. The van der Waals surface area contributed by atoms with Crippen LogP contribution in [0.3, 0.4) is 0 Å². The van der Waals surface area contributed by atoms with E-state index in [0.717, 1.165) is 24.5 Å². The van der Waals surface area contributed by atoms with E-state index >= 15 is 0 Å². The molecule has 0 saturated heterocycles. The highest BCUT2D eigenvalue weighted by Crippen LogP contribution is 2.36. The number of hydrogen-bond donors (Lipinski definition) is 2. The lowest BCUT2D eigenvalue weighted by atomic mass is 9.89. The van der Waals surface area contributed by atoms with Crippen molar-refractivity contribution in [2.75, 3.05) is 13.1 Å². The Morgan fingerprint density at radius 1 is 1.47 bits per heavy atom. The molecule has 0 amide bonds. The molecule has 0 radical (unpaired) electrons. The van der Waals surface area contributed by atoms with Crippen molar-refractivity contribution in [3.63, 3.8) is 0 Å². The van der Waals surface area contributed by atoms with E-state index in [1.165, 1.54) is 31.4 Å². The van der Waals surface area contributed by atoms with Gasteiger partial charge in [0.05, 0.1) is 10.7 Å². The van der Waals surface area contributed by atoms with E-state index in [1.54, 1.807) is 11.3 Å². The summed E-state index contributed by atoms with van der Waals surface area (Å²) >= 11 is 1.72. The van der Waals surface area contributed by atoms with Gasteiger partial charge >= 0.3 is 0 Å². The van der Waals surface area contributed by atoms with Crippen molar-refractivity contribution >= 4 is 11.3 Å². The Morgan fingerprint density at radius 3 is 2.94 bits per heavy atom. The first-order valence-electron chi connectivity index (χ1n) is 6.56. The first kappa shape index (κ1) is 13.0.